The van der Waals surface area contributed by atoms with Crippen LogP contribution in [-0.4, -0.2) is 6.71 Å². The van der Waals surface area contributed by atoms with E-state index in [1.807, 2.05) is 0 Å². The average Bonchev–Trinajstić information content (AvgIpc) is 3.28. The van der Waals surface area contributed by atoms with E-state index >= 15 is 0 Å². The van der Waals surface area contributed by atoms with Crippen LogP contribution in [0, 0.1) is 0 Å². The van der Waals surface area contributed by atoms with Crippen molar-refractivity contribution >= 4 is 107 Å². The molecule has 3 nitrogen and oxygen atoms in total. The molecule has 0 fully saturated rings. The zero-order valence-electron chi connectivity index (χ0n) is 38.5. The van der Waals surface area contributed by atoms with Gasteiger partial charge in [0.2, 0.25) is 0 Å². The Morgan fingerprint density at radius 3 is 0.938 bits per heavy atom. The molecule has 312 valence electrons. The fourth-order valence-corrected chi connectivity index (χ4v) is 11.1. The van der Waals surface area contributed by atoms with E-state index in [0.29, 0.717) is 0 Å². The smallest absolute Gasteiger partial charge is 0.257 e. The third-order valence-corrected chi connectivity index (χ3v) is 14.4. The highest BCUT2D eigenvalue weighted by atomic mass is 15.2. The Morgan fingerprint density at radius 1 is 0.312 bits per heavy atom. The maximum atomic E-state index is 2.64. The van der Waals surface area contributed by atoms with Crippen LogP contribution in [0.15, 0.2) is 164 Å². The van der Waals surface area contributed by atoms with Gasteiger partial charge in [-0.3, -0.25) is 0 Å². The van der Waals surface area contributed by atoms with Crippen LogP contribution >= 0.6 is 0 Å². The summed E-state index contributed by atoms with van der Waals surface area (Å²) in [6.45, 7) is 20.7. The topological polar surface area (TPSA) is 9.72 Å². The summed E-state index contributed by atoms with van der Waals surface area (Å²) >= 11 is 0. The van der Waals surface area contributed by atoms with Crippen LogP contribution in [0.25, 0.3) is 32.3 Å². The molecule has 0 saturated heterocycles. The van der Waals surface area contributed by atoms with Crippen LogP contribution < -0.4 is 31.1 Å². The van der Waals surface area contributed by atoms with Gasteiger partial charge in [0.15, 0.2) is 0 Å². The molecule has 0 N–H and O–H groups in total. The summed E-state index contributed by atoms with van der Waals surface area (Å²) < 4.78 is 0. The molecular weight excluding hydrogens is 773 g/mol. The Morgan fingerprint density at radius 2 is 0.594 bits per heavy atom. The van der Waals surface area contributed by atoms with Gasteiger partial charge in [-0.25, -0.2) is 0 Å². The number of hydrogen-bond acceptors (Lipinski definition) is 3. The lowest BCUT2D eigenvalue weighted by atomic mass is 9.31. The van der Waals surface area contributed by atoms with Crippen molar-refractivity contribution in [3.8, 4) is 0 Å². The highest BCUT2D eigenvalue weighted by Gasteiger charge is 2.51. The second-order valence-corrected chi connectivity index (χ2v) is 21.5. The van der Waals surface area contributed by atoms with Crippen LogP contribution in [0.3, 0.4) is 0 Å². The molecule has 0 spiro atoms. The summed E-state index contributed by atoms with van der Waals surface area (Å²) in [5, 5.41) is 7.47. The van der Waals surface area contributed by atoms with E-state index in [-0.39, 0.29) is 23.0 Å². The quantitative estimate of drug-likeness (QED) is 0.164. The van der Waals surface area contributed by atoms with Crippen LogP contribution in [0.2, 0.25) is 0 Å². The minimum Gasteiger partial charge on any atom is -0.311 e. The molecule has 0 unspecified atom stereocenters. The van der Waals surface area contributed by atoms with Gasteiger partial charge in [-0.2, -0.15) is 0 Å². The van der Waals surface area contributed by atoms with Crippen molar-refractivity contribution in [1.29, 1.82) is 0 Å². The second kappa shape index (κ2) is 13.4. The van der Waals surface area contributed by atoms with Crippen molar-refractivity contribution < 1.29 is 0 Å². The third kappa shape index (κ3) is 5.60. The van der Waals surface area contributed by atoms with Gasteiger partial charge in [-0.15, -0.1) is 0 Å². The molecular formula is C60H54BN3. The Labute approximate surface area is 378 Å². The molecule has 0 radical (unpaired) electrons. The van der Waals surface area contributed by atoms with Crippen molar-refractivity contribution in [2.45, 2.75) is 78.6 Å². The normalized spacial score (nSPS) is 14.2. The molecule has 3 aliphatic heterocycles. The first-order valence-corrected chi connectivity index (χ1v) is 23.1. The minimum absolute atomic E-state index is 0.0255. The lowest BCUT2D eigenvalue weighted by Crippen LogP contribution is -2.65. The minimum atomic E-state index is -0.0286. The Hall–Kier alpha value is -6.78. The van der Waals surface area contributed by atoms with Gasteiger partial charge in [0.25, 0.3) is 6.71 Å². The zero-order valence-corrected chi connectivity index (χ0v) is 38.5. The molecule has 9 aromatic carbocycles. The maximum absolute atomic E-state index is 2.64. The molecule has 0 amide bonds. The van der Waals surface area contributed by atoms with E-state index in [9.17, 15) is 0 Å². The van der Waals surface area contributed by atoms with Crippen molar-refractivity contribution in [2.24, 2.45) is 0 Å². The SMILES string of the molecule is CC(C)(C)c1ccc(N2c3cc4ccccc4c4c3B3c5c2cc2ccccc2c5N(c2ccc(C(C)(C)C)cc2)c2c3c(cc3ccccc23)N4c2ccc(C(C)(C)C)cc2)cc1. The van der Waals surface area contributed by atoms with Crippen LogP contribution in [0.1, 0.15) is 79.0 Å². The first kappa shape index (κ1) is 38.9. The van der Waals surface area contributed by atoms with Crippen molar-refractivity contribution in [3.63, 3.8) is 0 Å². The highest BCUT2D eigenvalue weighted by molar-refractivity contribution is 7.03. The third-order valence-electron chi connectivity index (χ3n) is 14.4. The fourth-order valence-electron chi connectivity index (χ4n) is 11.1. The highest BCUT2D eigenvalue weighted by Crippen LogP contribution is 2.55. The summed E-state index contributed by atoms with van der Waals surface area (Å²) in [6, 6.07) is 62.9. The number of rotatable bonds is 3. The lowest BCUT2D eigenvalue weighted by molar-refractivity contribution is 0.590. The fraction of sp³-hybridized carbons (Fsp3) is 0.200. The van der Waals surface area contributed by atoms with Gasteiger partial charge < -0.3 is 14.7 Å². The summed E-state index contributed by atoms with van der Waals surface area (Å²) in [4.78, 5) is 7.86. The predicted octanol–water partition coefficient (Wildman–Crippen LogP) is 14.9. The van der Waals surface area contributed by atoms with E-state index < -0.39 is 0 Å². The van der Waals surface area contributed by atoms with Gasteiger partial charge in [0.05, 0.1) is 17.1 Å². The summed E-state index contributed by atoms with van der Waals surface area (Å²) in [5.41, 5.74) is 19.1. The number of anilines is 9. The second-order valence-electron chi connectivity index (χ2n) is 21.5. The molecule has 12 rings (SSSR count). The van der Waals surface area contributed by atoms with Gasteiger partial charge in [0.1, 0.15) is 0 Å². The lowest BCUT2D eigenvalue weighted by Gasteiger charge is -2.50. The number of fused-ring (bicyclic) bond motifs is 6. The van der Waals surface area contributed by atoms with Crippen LogP contribution in [0.4, 0.5) is 51.2 Å². The summed E-state index contributed by atoms with van der Waals surface area (Å²) in [7, 11) is 0. The maximum Gasteiger partial charge on any atom is 0.257 e. The van der Waals surface area contributed by atoms with Crippen molar-refractivity contribution in [1.82, 2.24) is 0 Å². The van der Waals surface area contributed by atoms with Crippen LogP contribution in [-0.2, 0) is 16.2 Å². The average molecular weight is 828 g/mol. The molecule has 3 aliphatic rings. The monoisotopic (exact) mass is 827 g/mol. The molecule has 0 aromatic heterocycles. The number of nitrogens with zero attached hydrogens (tertiary/aromatic N) is 3. The molecule has 3 heterocycles. The van der Waals surface area contributed by atoms with E-state index in [4.69, 9.17) is 0 Å². The van der Waals surface area contributed by atoms with Gasteiger partial charge in [-0.05, 0) is 120 Å². The van der Waals surface area contributed by atoms with E-state index in [0.717, 1.165) is 0 Å². The van der Waals surface area contributed by atoms with E-state index in [2.05, 4.69) is 241 Å². The molecule has 4 heteroatoms. The largest absolute Gasteiger partial charge is 0.311 e. The molecule has 0 bridgehead atoms. The summed E-state index contributed by atoms with van der Waals surface area (Å²) in [5.74, 6) is 0. The predicted molar refractivity (Wildman–Crippen MR) is 277 cm³/mol. The van der Waals surface area contributed by atoms with Gasteiger partial charge >= 0.3 is 0 Å². The Kier molecular flexibility index (Phi) is 8.12. The Bertz CT molecular complexity index is 3330. The van der Waals surface area contributed by atoms with E-state index in [1.54, 1.807) is 0 Å². The molecule has 0 atom stereocenters. The van der Waals surface area contributed by atoms with Gasteiger partial charge in [-0.1, -0.05) is 172 Å². The standard InChI is InChI=1S/C60H54BN3/c1-58(2,3)40-22-28-43(29-23-40)62-49-34-37-16-10-13-19-46(37)55-52(49)61-53-50(62)35-38-17-11-14-20-47(38)56(53)64(45-32-26-42(27-33-45)60(7,8)9)57-48-21-15-12-18-39(48)36-51(54(57)61)63(55)44-30-24-41(25-31-44)59(4,5)6/h10-36H,1-9H3. The molecule has 9 aromatic rings. The molecule has 64 heavy (non-hydrogen) atoms. The first-order chi connectivity index (χ1) is 30.7. The van der Waals surface area contributed by atoms with Gasteiger partial charge in [0, 0.05) is 50.3 Å². The summed E-state index contributed by atoms with van der Waals surface area (Å²) in [6.07, 6.45) is 0. The van der Waals surface area contributed by atoms with Crippen molar-refractivity contribution in [2.75, 3.05) is 14.7 Å². The Balaban J connectivity index is 1.28. The molecule has 0 saturated carbocycles. The van der Waals surface area contributed by atoms with E-state index in [1.165, 1.54) is 117 Å². The van der Waals surface area contributed by atoms with Crippen molar-refractivity contribution in [3.05, 3.63) is 180 Å². The molecule has 0 aliphatic carbocycles. The first-order valence-electron chi connectivity index (χ1n) is 23.1. The number of hydrogen-bond donors (Lipinski definition) is 0. The zero-order chi connectivity index (χ0) is 44.0. The number of benzene rings is 9. The van der Waals surface area contributed by atoms with Crippen LogP contribution in [0.5, 0.6) is 0 Å².